The SMILES string of the molecule is C=CCN(CCO)c1cccc(OCCC)c1[N+](=O)[O-]. The highest BCUT2D eigenvalue weighted by atomic mass is 16.6. The standard InChI is InChI=1S/C14H20N2O4/c1-3-8-15(9-10-17)12-6-5-7-13(20-11-4-2)14(12)16(18)19/h3,5-7,17H,1,4,8-11H2,2H3. The Morgan fingerprint density at radius 2 is 2.30 bits per heavy atom. The van der Waals surface area contributed by atoms with Crippen molar-refractivity contribution in [1.82, 2.24) is 0 Å². The lowest BCUT2D eigenvalue weighted by atomic mass is 10.2. The molecule has 0 aliphatic heterocycles. The van der Waals surface area contributed by atoms with E-state index in [1.54, 1.807) is 29.2 Å². The van der Waals surface area contributed by atoms with Gasteiger partial charge in [0.1, 0.15) is 5.69 Å². The maximum Gasteiger partial charge on any atom is 0.333 e. The van der Waals surface area contributed by atoms with E-state index in [1.807, 2.05) is 6.92 Å². The van der Waals surface area contributed by atoms with E-state index in [0.717, 1.165) is 6.42 Å². The number of anilines is 1. The quantitative estimate of drug-likeness (QED) is 0.427. The number of nitro groups is 1. The summed E-state index contributed by atoms with van der Waals surface area (Å²) in [6, 6.07) is 4.94. The fourth-order valence-electron chi connectivity index (χ4n) is 1.86. The van der Waals surface area contributed by atoms with Gasteiger partial charge in [0, 0.05) is 13.1 Å². The summed E-state index contributed by atoms with van der Waals surface area (Å²) in [5.74, 6) is 0.251. The number of hydrogen-bond donors (Lipinski definition) is 1. The molecule has 0 radical (unpaired) electrons. The average Bonchev–Trinajstić information content (AvgIpc) is 2.44. The number of para-hydroxylation sites is 1. The van der Waals surface area contributed by atoms with Crippen LogP contribution in [0.3, 0.4) is 0 Å². The monoisotopic (exact) mass is 280 g/mol. The minimum absolute atomic E-state index is 0.0729. The predicted molar refractivity (Wildman–Crippen MR) is 78.4 cm³/mol. The summed E-state index contributed by atoms with van der Waals surface area (Å²) in [4.78, 5) is 12.6. The molecule has 0 amide bonds. The predicted octanol–water partition coefficient (Wildman–Crippen LogP) is 2.37. The minimum atomic E-state index is -0.451. The molecule has 0 aliphatic carbocycles. The molecule has 0 aromatic heterocycles. The second-order valence-corrected chi connectivity index (χ2v) is 4.19. The molecule has 0 fully saturated rings. The molecule has 1 aromatic rings. The summed E-state index contributed by atoms with van der Waals surface area (Å²) in [5, 5.41) is 20.4. The van der Waals surface area contributed by atoms with Crippen LogP contribution in [0.5, 0.6) is 5.75 Å². The zero-order valence-electron chi connectivity index (χ0n) is 11.6. The summed E-state index contributed by atoms with van der Waals surface area (Å²) in [7, 11) is 0. The largest absolute Gasteiger partial charge is 0.487 e. The fraction of sp³-hybridized carbons (Fsp3) is 0.429. The van der Waals surface area contributed by atoms with Crippen LogP contribution in [-0.2, 0) is 0 Å². The number of nitrogens with zero attached hydrogens (tertiary/aromatic N) is 2. The van der Waals surface area contributed by atoms with E-state index in [0.29, 0.717) is 25.4 Å². The van der Waals surface area contributed by atoms with Crippen LogP contribution < -0.4 is 9.64 Å². The Morgan fingerprint density at radius 3 is 2.85 bits per heavy atom. The molecule has 0 spiro atoms. The molecule has 20 heavy (non-hydrogen) atoms. The first-order valence-corrected chi connectivity index (χ1v) is 6.52. The van der Waals surface area contributed by atoms with Crippen molar-refractivity contribution >= 4 is 11.4 Å². The summed E-state index contributed by atoms with van der Waals surface area (Å²) >= 11 is 0. The third-order valence-corrected chi connectivity index (χ3v) is 2.68. The van der Waals surface area contributed by atoms with Gasteiger partial charge >= 0.3 is 5.69 Å². The Kier molecular flexibility index (Phi) is 6.52. The topological polar surface area (TPSA) is 75.8 Å². The Bertz CT molecular complexity index is 462. The summed E-state index contributed by atoms with van der Waals surface area (Å²) in [5.41, 5.74) is 0.355. The molecule has 1 N–H and O–H groups in total. The van der Waals surface area contributed by atoms with E-state index < -0.39 is 4.92 Å². The Hall–Kier alpha value is -2.08. The van der Waals surface area contributed by atoms with Crippen molar-refractivity contribution in [2.75, 3.05) is 31.2 Å². The van der Waals surface area contributed by atoms with Crippen LogP contribution >= 0.6 is 0 Å². The molecule has 0 unspecified atom stereocenters. The molecule has 0 saturated heterocycles. The lowest BCUT2D eigenvalue weighted by Crippen LogP contribution is -2.27. The van der Waals surface area contributed by atoms with Gasteiger partial charge in [-0.3, -0.25) is 10.1 Å². The highest BCUT2D eigenvalue weighted by molar-refractivity contribution is 5.70. The second kappa shape index (κ2) is 8.16. The molecule has 0 aliphatic rings. The van der Waals surface area contributed by atoms with Crippen molar-refractivity contribution in [1.29, 1.82) is 0 Å². The van der Waals surface area contributed by atoms with Crippen molar-refractivity contribution in [3.8, 4) is 5.75 Å². The van der Waals surface area contributed by atoms with Gasteiger partial charge in [-0.15, -0.1) is 6.58 Å². The van der Waals surface area contributed by atoms with Gasteiger partial charge in [0.15, 0.2) is 5.75 Å². The van der Waals surface area contributed by atoms with Crippen molar-refractivity contribution in [3.05, 3.63) is 41.0 Å². The molecule has 6 heteroatoms. The molecular weight excluding hydrogens is 260 g/mol. The normalized spacial score (nSPS) is 10.1. The number of ether oxygens (including phenoxy) is 1. The number of hydrogen-bond acceptors (Lipinski definition) is 5. The highest BCUT2D eigenvalue weighted by Gasteiger charge is 2.24. The number of aliphatic hydroxyl groups excluding tert-OH is 1. The van der Waals surface area contributed by atoms with E-state index >= 15 is 0 Å². The van der Waals surface area contributed by atoms with Crippen molar-refractivity contribution < 1.29 is 14.8 Å². The number of aliphatic hydroxyl groups is 1. The zero-order chi connectivity index (χ0) is 15.0. The van der Waals surface area contributed by atoms with Gasteiger partial charge in [-0.25, -0.2) is 0 Å². The van der Waals surface area contributed by atoms with Crippen LogP contribution in [-0.4, -0.2) is 36.3 Å². The van der Waals surface area contributed by atoms with Crippen molar-refractivity contribution in [2.24, 2.45) is 0 Å². The van der Waals surface area contributed by atoms with Crippen LogP contribution in [0.25, 0.3) is 0 Å². The van der Waals surface area contributed by atoms with Crippen molar-refractivity contribution in [3.63, 3.8) is 0 Å². The second-order valence-electron chi connectivity index (χ2n) is 4.19. The average molecular weight is 280 g/mol. The third-order valence-electron chi connectivity index (χ3n) is 2.68. The molecule has 0 heterocycles. The first-order valence-electron chi connectivity index (χ1n) is 6.52. The number of nitro benzene ring substituents is 1. The van der Waals surface area contributed by atoms with Crippen molar-refractivity contribution in [2.45, 2.75) is 13.3 Å². The van der Waals surface area contributed by atoms with Gasteiger partial charge in [0.25, 0.3) is 0 Å². The Morgan fingerprint density at radius 1 is 1.55 bits per heavy atom. The number of benzene rings is 1. The molecule has 6 nitrogen and oxygen atoms in total. The van der Waals surface area contributed by atoms with E-state index in [2.05, 4.69) is 6.58 Å². The summed E-state index contributed by atoms with van der Waals surface area (Å²) in [6.07, 6.45) is 2.41. The molecule has 1 rings (SSSR count). The van der Waals surface area contributed by atoms with Crippen LogP contribution in [0, 0.1) is 10.1 Å². The van der Waals surface area contributed by atoms with Gasteiger partial charge in [0.05, 0.1) is 18.1 Å². The molecule has 0 atom stereocenters. The van der Waals surface area contributed by atoms with Gasteiger partial charge in [-0.2, -0.15) is 0 Å². The lowest BCUT2D eigenvalue weighted by Gasteiger charge is -2.22. The maximum absolute atomic E-state index is 11.3. The van der Waals surface area contributed by atoms with Gasteiger partial charge in [0.2, 0.25) is 0 Å². The lowest BCUT2D eigenvalue weighted by molar-refractivity contribution is -0.385. The minimum Gasteiger partial charge on any atom is -0.487 e. The number of rotatable bonds is 9. The third kappa shape index (κ3) is 3.96. The first-order chi connectivity index (χ1) is 9.65. The molecular formula is C14H20N2O4. The van der Waals surface area contributed by atoms with E-state index in [-0.39, 0.29) is 18.0 Å². The summed E-state index contributed by atoms with van der Waals surface area (Å²) in [6.45, 7) is 6.61. The van der Waals surface area contributed by atoms with Gasteiger partial charge < -0.3 is 14.7 Å². The van der Waals surface area contributed by atoms with Crippen LogP contribution in [0.1, 0.15) is 13.3 Å². The maximum atomic E-state index is 11.3. The van der Waals surface area contributed by atoms with Crippen LogP contribution in [0.4, 0.5) is 11.4 Å². The molecule has 110 valence electrons. The zero-order valence-corrected chi connectivity index (χ0v) is 11.6. The van der Waals surface area contributed by atoms with Crippen LogP contribution in [0.2, 0.25) is 0 Å². The van der Waals surface area contributed by atoms with Gasteiger partial charge in [-0.05, 0) is 18.6 Å². The summed E-state index contributed by atoms with van der Waals surface area (Å²) < 4.78 is 5.44. The Labute approximate surface area is 118 Å². The fourth-order valence-corrected chi connectivity index (χ4v) is 1.86. The molecule has 0 saturated carbocycles. The van der Waals surface area contributed by atoms with E-state index in [9.17, 15) is 10.1 Å². The smallest absolute Gasteiger partial charge is 0.333 e. The van der Waals surface area contributed by atoms with Gasteiger partial charge in [-0.1, -0.05) is 19.1 Å². The molecule has 1 aromatic carbocycles. The van der Waals surface area contributed by atoms with Crippen LogP contribution in [0.15, 0.2) is 30.9 Å². The van der Waals surface area contributed by atoms with E-state index in [4.69, 9.17) is 9.84 Å². The molecule has 0 bridgehead atoms. The Balaban J connectivity index is 3.21. The first kappa shape index (κ1) is 16.0. The van der Waals surface area contributed by atoms with E-state index in [1.165, 1.54) is 0 Å². The highest BCUT2D eigenvalue weighted by Crippen LogP contribution is 2.37.